The Hall–Kier alpha value is -2.05. The number of hydrogen-bond donors (Lipinski definition) is 2. The van der Waals surface area contributed by atoms with Crippen molar-refractivity contribution in [2.75, 3.05) is 13.1 Å². The Morgan fingerprint density at radius 1 is 1.12 bits per heavy atom. The summed E-state index contributed by atoms with van der Waals surface area (Å²) in [5, 5.41) is 10.3. The van der Waals surface area contributed by atoms with E-state index >= 15 is 0 Å². The van der Waals surface area contributed by atoms with Gasteiger partial charge < -0.3 is 10.6 Å². The lowest BCUT2D eigenvalue weighted by molar-refractivity contribution is -0.120. The number of halogens is 2. The summed E-state index contributed by atoms with van der Waals surface area (Å²) in [6.45, 7) is 5.09. The molecule has 134 valence electrons. The number of rotatable bonds is 7. The maximum Gasteiger partial charge on any atom is 0.251 e. The molecule has 2 rings (SSSR count). The minimum atomic E-state index is -0.378. The second-order valence-corrected chi connectivity index (χ2v) is 6.48. The Morgan fingerprint density at radius 2 is 1.88 bits per heavy atom. The average molecular weight is 383 g/mol. The molecule has 8 heteroatoms. The number of carbonyl (C=O) groups excluding carboxylic acids is 2. The molecular formula is C17H20Cl2N4O2. The smallest absolute Gasteiger partial charge is 0.251 e. The lowest BCUT2D eigenvalue weighted by atomic mass is 10.2. The van der Waals surface area contributed by atoms with Crippen LogP contribution in [0.4, 0.5) is 0 Å². The van der Waals surface area contributed by atoms with Crippen molar-refractivity contribution in [2.24, 2.45) is 0 Å². The van der Waals surface area contributed by atoms with Gasteiger partial charge >= 0.3 is 0 Å². The van der Waals surface area contributed by atoms with Crippen LogP contribution in [0.15, 0.2) is 24.3 Å². The zero-order valence-corrected chi connectivity index (χ0v) is 15.6. The molecule has 0 aliphatic heterocycles. The first kappa shape index (κ1) is 19.3. The van der Waals surface area contributed by atoms with E-state index in [4.69, 9.17) is 23.2 Å². The summed E-state index contributed by atoms with van der Waals surface area (Å²) >= 11 is 11.7. The van der Waals surface area contributed by atoms with Crippen molar-refractivity contribution in [3.8, 4) is 0 Å². The predicted octanol–water partition coefficient (Wildman–Crippen LogP) is 2.74. The Morgan fingerprint density at radius 3 is 2.52 bits per heavy atom. The Labute approximate surface area is 156 Å². The fourth-order valence-corrected chi connectivity index (χ4v) is 2.62. The van der Waals surface area contributed by atoms with Gasteiger partial charge in [0.1, 0.15) is 0 Å². The molecule has 0 bridgehead atoms. The molecule has 0 spiro atoms. The minimum absolute atomic E-state index is 0.0982. The molecule has 0 aliphatic rings. The molecule has 0 radical (unpaired) electrons. The standard InChI is InChI=1S/C17H20Cl2N4O2/c1-11-8-12(2)23(22-11)7-3-6-20-16(24)10-21-17(25)13-4-5-14(18)15(19)9-13/h4-5,8-9H,3,6-7,10H2,1-2H3,(H,20,24)(H,21,25). The number of amides is 2. The number of aromatic nitrogens is 2. The van der Waals surface area contributed by atoms with Gasteiger partial charge in [0.05, 0.1) is 22.3 Å². The first-order valence-electron chi connectivity index (χ1n) is 7.88. The molecule has 0 atom stereocenters. The second-order valence-electron chi connectivity index (χ2n) is 5.67. The minimum Gasteiger partial charge on any atom is -0.355 e. The molecule has 0 saturated carbocycles. The molecule has 1 heterocycles. The van der Waals surface area contributed by atoms with Crippen molar-refractivity contribution in [2.45, 2.75) is 26.8 Å². The third kappa shape index (κ3) is 5.76. The number of hydrogen-bond acceptors (Lipinski definition) is 3. The van der Waals surface area contributed by atoms with Crippen LogP contribution >= 0.6 is 23.2 Å². The van der Waals surface area contributed by atoms with Gasteiger partial charge in [0, 0.05) is 24.3 Å². The van der Waals surface area contributed by atoms with Gasteiger partial charge in [-0.25, -0.2) is 0 Å². The van der Waals surface area contributed by atoms with E-state index < -0.39 is 0 Å². The van der Waals surface area contributed by atoms with Crippen molar-refractivity contribution >= 4 is 35.0 Å². The highest BCUT2D eigenvalue weighted by atomic mass is 35.5. The maximum absolute atomic E-state index is 12.0. The molecule has 0 aliphatic carbocycles. The quantitative estimate of drug-likeness (QED) is 0.722. The average Bonchev–Trinajstić information content (AvgIpc) is 2.89. The lowest BCUT2D eigenvalue weighted by Crippen LogP contribution is -2.37. The molecule has 1 aromatic carbocycles. The first-order chi connectivity index (χ1) is 11.9. The van der Waals surface area contributed by atoms with Crippen molar-refractivity contribution in [1.29, 1.82) is 0 Å². The lowest BCUT2D eigenvalue weighted by Gasteiger charge is -2.08. The van der Waals surface area contributed by atoms with E-state index in [0.29, 0.717) is 22.2 Å². The van der Waals surface area contributed by atoms with Crippen LogP contribution in [0.25, 0.3) is 0 Å². The van der Waals surface area contributed by atoms with Gasteiger partial charge in [0.2, 0.25) is 5.91 Å². The van der Waals surface area contributed by atoms with Gasteiger partial charge in [0.15, 0.2) is 0 Å². The molecule has 1 aromatic heterocycles. The van der Waals surface area contributed by atoms with E-state index in [1.54, 1.807) is 6.07 Å². The highest BCUT2D eigenvalue weighted by molar-refractivity contribution is 6.42. The molecule has 2 aromatic rings. The summed E-state index contributed by atoms with van der Waals surface area (Å²) in [6, 6.07) is 6.57. The fraction of sp³-hybridized carbons (Fsp3) is 0.353. The van der Waals surface area contributed by atoms with Crippen molar-refractivity contribution in [1.82, 2.24) is 20.4 Å². The topological polar surface area (TPSA) is 76.0 Å². The Kier molecular flexibility index (Phi) is 6.84. The summed E-state index contributed by atoms with van der Waals surface area (Å²) in [6.07, 6.45) is 0.758. The molecule has 0 saturated heterocycles. The van der Waals surface area contributed by atoms with E-state index in [-0.39, 0.29) is 18.4 Å². The van der Waals surface area contributed by atoms with Crippen LogP contribution in [0.1, 0.15) is 28.2 Å². The van der Waals surface area contributed by atoms with Crippen LogP contribution in [0.3, 0.4) is 0 Å². The zero-order valence-electron chi connectivity index (χ0n) is 14.1. The number of aryl methyl sites for hydroxylation is 3. The highest BCUT2D eigenvalue weighted by Gasteiger charge is 2.09. The fourth-order valence-electron chi connectivity index (χ4n) is 2.32. The number of nitrogens with one attached hydrogen (secondary N) is 2. The van der Waals surface area contributed by atoms with Crippen LogP contribution < -0.4 is 10.6 Å². The number of benzene rings is 1. The summed E-state index contributed by atoms with van der Waals surface area (Å²) in [5.74, 6) is -0.627. The molecule has 25 heavy (non-hydrogen) atoms. The summed E-state index contributed by atoms with van der Waals surface area (Å²) in [5.41, 5.74) is 2.43. The summed E-state index contributed by atoms with van der Waals surface area (Å²) in [4.78, 5) is 23.7. The number of carbonyl (C=O) groups is 2. The van der Waals surface area contributed by atoms with Crippen LogP contribution in [0.2, 0.25) is 10.0 Å². The predicted molar refractivity (Wildman–Crippen MR) is 98.1 cm³/mol. The van der Waals surface area contributed by atoms with Gasteiger partial charge in [-0.1, -0.05) is 23.2 Å². The van der Waals surface area contributed by atoms with E-state index in [0.717, 1.165) is 24.4 Å². The SMILES string of the molecule is Cc1cc(C)n(CCCNC(=O)CNC(=O)c2ccc(Cl)c(Cl)c2)n1. The second kappa shape index (κ2) is 8.87. The summed E-state index contributed by atoms with van der Waals surface area (Å²) < 4.78 is 1.91. The Balaban J connectivity index is 1.69. The van der Waals surface area contributed by atoms with Crippen LogP contribution in [-0.2, 0) is 11.3 Å². The van der Waals surface area contributed by atoms with Crippen molar-refractivity contribution in [3.05, 3.63) is 51.3 Å². The largest absolute Gasteiger partial charge is 0.355 e. The Bertz CT molecular complexity index is 774. The van der Waals surface area contributed by atoms with Gasteiger partial charge in [0.25, 0.3) is 5.91 Å². The van der Waals surface area contributed by atoms with Gasteiger partial charge in [-0.05, 0) is 44.5 Å². The van der Waals surface area contributed by atoms with Gasteiger partial charge in [-0.3, -0.25) is 14.3 Å². The third-order valence-electron chi connectivity index (χ3n) is 3.56. The molecular weight excluding hydrogens is 363 g/mol. The molecule has 0 unspecified atom stereocenters. The normalized spacial score (nSPS) is 10.6. The van der Waals surface area contributed by atoms with Gasteiger partial charge in [-0.2, -0.15) is 5.10 Å². The van der Waals surface area contributed by atoms with Crippen LogP contribution in [0.5, 0.6) is 0 Å². The highest BCUT2D eigenvalue weighted by Crippen LogP contribution is 2.22. The number of nitrogens with zero attached hydrogens (tertiary/aromatic N) is 2. The van der Waals surface area contributed by atoms with Crippen LogP contribution in [0, 0.1) is 13.8 Å². The third-order valence-corrected chi connectivity index (χ3v) is 4.30. The van der Waals surface area contributed by atoms with E-state index in [1.165, 1.54) is 12.1 Å². The van der Waals surface area contributed by atoms with Crippen molar-refractivity contribution in [3.63, 3.8) is 0 Å². The van der Waals surface area contributed by atoms with E-state index in [9.17, 15) is 9.59 Å². The van der Waals surface area contributed by atoms with E-state index in [2.05, 4.69) is 15.7 Å². The maximum atomic E-state index is 12.0. The monoisotopic (exact) mass is 382 g/mol. The zero-order chi connectivity index (χ0) is 18.4. The van der Waals surface area contributed by atoms with Gasteiger partial charge in [-0.15, -0.1) is 0 Å². The van der Waals surface area contributed by atoms with Crippen molar-refractivity contribution < 1.29 is 9.59 Å². The molecule has 0 fully saturated rings. The molecule has 6 nitrogen and oxygen atoms in total. The molecule has 2 N–H and O–H groups in total. The summed E-state index contributed by atoms with van der Waals surface area (Å²) in [7, 11) is 0. The van der Waals surface area contributed by atoms with E-state index in [1.807, 2.05) is 24.6 Å². The van der Waals surface area contributed by atoms with Crippen LogP contribution in [-0.4, -0.2) is 34.7 Å². The first-order valence-corrected chi connectivity index (χ1v) is 8.63. The molecule has 2 amide bonds.